The number of aromatic hydroxyl groups is 1. The summed E-state index contributed by atoms with van der Waals surface area (Å²) in [5.41, 5.74) is 2.05. The number of hydrogen-bond donors (Lipinski definition) is 2. The molecule has 0 bridgehead atoms. The third-order valence-electron chi connectivity index (χ3n) is 4.64. The lowest BCUT2D eigenvalue weighted by Crippen LogP contribution is -2.35. The Hall–Kier alpha value is -3.39. The molecule has 2 aromatic carbocycles. The molecule has 1 aromatic heterocycles. The topological polar surface area (TPSA) is 95.4 Å². The molecule has 4 rings (SSSR count). The van der Waals surface area contributed by atoms with E-state index in [1.807, 2.05) is 24.3 Å². The fourth-order valence-electron chi connectivity index (χ4n) is 3.19. The number of thioether (sulfide) groups is 1. The van der Waals surface area contributed by atoms with Gasteiger partial charge in [-0.1, -0.05) is 24.3 Å². The van der Waals surface area contributed by atoms with Crippen LogP contribution in [-0.4, -0.2) is 39.2 Å². The maximum atomic E-state index is 12.6. The SMILES string of the molecule is O=C(CCC(=O)N1CCSc2ccccc21)Nc1cnc(-c2cccc(O)c2)nc1. The van der Waals surface area contributed by atoms with Crippen molar-refractivity contribution < 1.29 is 14.7 Å². The van der Waals surface area contributed by atoms with E-state index >= 15 is 0 Å². The van der Waals surface area contributed by atoms with E-state index < -0.39 is 0 Å². The average molecular weight is 420 g/mol. The number of phenolic OH excluding ortho intramolecular Hbond substituents is 1. The maximum Gasteiger partial charge on any atom is 0.227 e. The minimum absolute atomic E-state index is 0.0617. The number of carbonyl (C=O) groups excluding carboxylic acids is 2. The van der Waals surface area contributed by atoms with Gasteiger partial charge in [0.05, 0.1) is 23.8 Å². The molecule has 7 nitrogen and oxygen atoms in total. The lowest BCUT2D eigenvalue weighted by atomic mass is 10.2. The highest BCUT2D eigenvalue weighted by Gasteiger charge is 2.22. The van der Waals surface area contributed by atoms with E-state index in [0.717, 1.165) is 16.3 Å². The van der Waals surface area contributed by atoms with Gasteiger partial charge in [-0.15, -0.1) is 11.8 Å². The lowest BCUT2D eigenvalue weighted by molar-refractivity contribution is -0.122. The summed E-state index contributed by atoms with van der Waals surface area (Å²) in [6.07, 6.45) is 3.22. The molecule has 2 amide bonds. The van der Waals surface area contributed by atoms with Crippen LogP contribution in [0.2, 0.25) is 0 Å². The fraction of sp³-hybridized carbons (Fsp3) is 0.182. The largest absolute Gasteiger partial charge is 0.508 e. The van der Waals surface area contributed by atoms with Crippen LogP contribution in [-0.2, 0) is 9.59 Å². The van der Waals surface area contributed by atoms with Crippen molar-refractivity contribution in [1.82, 2.24) is 9.97 Å². The van der Waals surface area contributed by atoms with Crippen LogP contribution in [0.1, 0.15) is 12.8 Å². The van der Waals surface area contributed by atoms with Crippen LogP contribution in [0.15, 0.2) is 65.8 Å². The molecule has 1 aliphatic rings. The van der Waals surface area contributed by atoms with Gasteiger partial charge >= 0.3 is 0 Å². The van der Waals surface area contributed by atoms with Crippen molar-refractivity contribution in [3.8, 4) is 17.1 Å². The maximum absolute atomic E-state index is 12.6. The second-order valence-corrected chi connectivity index (χ2v) is 7.89. The zero-order valence-corrected chi connectivity index (χ0v) is 16.9. The fourth-order valence-corrected chi connectivity index (χ4v) is 4.19. The number of phenols is 1. The predicted octanol–water partition coefficient (Wildman–Crippen LogP) is 3.71. The van der Waals surface area contributed by atoms with Crippen LogP contribution in [0.25, 0.3) is 11.4 Å². The third-order valence-corrected chi connectivity index (χ3v) is 5.68. The minimum Gasteiger partial charge on any atom is -0.508 e. The van der Waals surface area contributed by atoms with Crippen molar-refractivity contribution in [2.24, 2.45) is 0 Å². The summed E-state index contributed by atoms with van der Waals surface area (Å²) in [4.78, 5) is 36.2. The smallest absolute Gasteiger partial charge is 0.227 e. The zero-order chi connectivity index (χ0) is 20.9. The summed E-state index contributed by atoms with van der Waals surface area (Å²) >= 11 is 1.74. The summed E-state index contributed by atoms with van der Waals surface area (Å²) in [5, 5.41) is 12.3. The zero-order valence-electron chi connectivity index (χ0n) is 16.1. The van der Waals surface area contributed by atoms with Gasteiger partial charge in [-0.05, 0) is 24.3 Å². The van der Waals surface area contributed by atoms with Crippen molar-refractivity contribution >= 4 is 35.0 Å². The number of nitrogens with one attached hydrogen (secondary N) is 1. The van der Waals surface area contributed by atoms with Gasteiger partial charge in [0, 0.05) is 35.6 Å². The molecule has 0 spiro atoms. The molecule has 0 saturated heterocycles. The first-order chi connectivity index (χ1) is 14.6. The van der Waals surface area contributed by atoms with Crippen LogP contribution in [0.5, 0.6) is 5.75 Å². The molecule has 0 fully saturated rings. The molecule has 30 heavy (non-hydrogen) atoms. The molecule has 0 aliphatic carbocycles. The number of hydrogen-bond acceptors (Lipinski definition) is 6. The first-order valence-corrected chi connectivity index (χ1v) is 10.5. The first-order valence-electron chi connectivity index (χ1n) is 9.53. The second kappa shape index (κ2) is 8.96. The molecular formula is C22H20N4O3S. The van der Waals surface area contributed by atoms with Crippen LogP contribution < -0.4 is 10.2 Å². The van der Waals surface area contributed by atoms with E-state index in [0.29, 0.717) is 23.6 Å². The number of anilines is 2. The molecule has 0 radical (unpaired) electrons. The number of nitrogens with zero attached hydrogens (tertiary/aromatic N) is 3. The summed E-state index contributed by atoms with van der Waals surface area (Å²) in [6.45, 7) is 0.645. The van der Waals surface area contributed by atoms with Crippen molar-refractivity contribution in [3.63, 3.8) is 0 Å². The Morgan fingerprint density at radius 2 is 1.87 bits per heavy atom. The number of para-hydroxylation sites is 1. The van der Waals surface area contributed by atoms with Crippen LogP contribution in [0, 0.1) is 0 Å². The van der Waals surface area contributed by atoms with Gasteiger partial charge in [-0.3, -0.25) is 9.59 Å². The van der Waals surface area contributed by atoms with Crippen LogP contribution >= 0.6 is 11.8 Å². The highest BCUT2D eigenvalue weighted by atomic mass is 32.2. The van der Waals surface area contributed by atoms with E-state index in [9.17, 15) is 14.7 Å². The molecule has 1 aliphatic heterocycles. The Morgan fingerprint density at radius 3 is 2.67 bits per heavy atom. The number of rotatable bonds is 5. The minimum atomic E-state index is -0.267. The van der Waals surface area contributed by atoms with E-state index in [1.54, 1.807) is 40.9 Å². The number of benzene rings is 2. The van der Waals surface area contributed by atoms with Crippen molar-refractivity contribution in [1.29, 1.82) is 0 Å². The van der Waals surface area contributed by atoms with E-state index in [1.165, 1.54) is 12.4 Å². The highest BCUT2D eigenvalue weighted by molar-refractivity contribution is 7.99. The first kappa shape index (κ1) is 19.9. The molecule has 2 heterocycles. The lowest BCUT2D eigenvalue weighted by Gasteiger charge is -2.29. The molecule has 0 unspecified atom stereocenters. The molecule has 3 aromatic rings. The van der Waals surface area contributed by atoms with Gasteiger partial charge in [0.15, 0.2) is 5.82 Å². The Morgan fingerprint density at radius 1 is 1.07 bits per heavy atom. The van der Waals surface area contributed by atoms with Crippen molar-refractivity contribution in [2.75, 3.05) is 22.5 Å². The van der Waals surface area contributed by atoms with Gasteiger partial charge in [0.2, 0.25) is 11.8 Å². The summed E-state index contributed by atoms with van der Waals surface area (Å²) in [7, 11) is 0. The Balaban J connectivity index is 1.32. The van der Waals surface area contributed by atoms with Gasteiger partial charge in [0.25, 0.3) is 0 Å². The monoisotopic (exact) mass is 420 g/mol. The third kappa shape index (κ3) is 4.60. The quantitative estimate of drug-likeness (QED) is 0.653. The van der Waals surface area contributed by atoms with Gasteiger partial charge in [-0.25, -0.2) is 9.97 Å². The molecule has 152 valence electrons. The molecule has 0 saturated carbocycles. The number of carbonyl (C=O) groups is 2. The second-order valence-electron chi connectivity index (χ2n) is 6.76. The van der Waals surface area contributed by atoms with E-state index in [2.05, 4.69) is 15.3 Å². The molecular weight excluding hydrogens is 400 g/mol. The van der Waals surface area contributed by atoms with Crippen molar-refractivity contribution in [2.45, 2.75) is 17.7 Å². The molecule has 0 atom stereocenters. The van der Waals surface area contributed by atoms with Gasteiger partial charge < -0.3 is 15.3 Å². The number of fused-ring (bicyclic) bond motifs is 1. The van der Waals surface area contributed by atoms with Crippen LogP contribution in [0.4, 0.5) is 11.4 Å². The van der Waals surface area contributed by atoms with E-state index in [4.69, 9.17) is 0 Å². The summed E-state index contributed by atoms with van der Waals surface area (Å²) < 4.78 is 0. The van der Waals surface area contributed by atoms with E-state index in [-0.39, 0.29) is 30.4 Å². The summed E-state index contributed by atoms with van der Waals surface area (Å²) in [5.74, 6) is 1.09. The van der Waals surface area contributed by atoms with Gasteiger partial charge in [-0.2, -0.15) is 0 Å². The Kier molecular flexibility index (Phi) is 5.94. The summed E-state index contributed by atoms with van der Waals surface area (Å²) in [6, 6.07) is 14.4. The van der Waals surface area contributed by atoms with Crippen molar-refractivity contribution in [3.05, 3.63) is 60.9 Å². The predicted molar refractivity (Wildman–Crippen MR) is 117 cm³/mol. The Bertz CT molecular complexity index is 1070. The average Bonchev–Trinajstić information content (AvgIpc) is 2.77. The number of aromatic nitrogens is 2. The molecule has 8 heteroatoms. The highest BCUT2D eigenvalue weighted by Crippen LogP contribution is 2.34. The van der Waals surface area contributed by atoms with Crippen LogP contribution in [0.3, 0.4) is 0 Å². The Labute approximate surface area is 178 Å². The standard InChI is InChI=1S/C22H20N4O3S/c27-17-5-3-4-15(12-17)22-23-13-16(14-24-22)25-20(28)8-9-21(29)26-10-11-30-19-7-2-1-6-18(19)26/h1-7,12-14,27H,8-11H2,(H,25,28). The van der Waals surface area contributed by atoms with Gasteiger partial charge in [0.1, 0.15) is 5.75 Å². The number of amides is 2. The molecule has 2 N–H and O–H groups in total. The normalized spacial score (nSPS) is 12.9.